The number of hydrogen-bond acceptors (Lipinski definition) is 2. The Morgan fingerprint density at radius 2 is 1.95 bits per heavy atom. The van der Waals surface area contributed by atoms with Crippen LogP contribution < -0.4 is 5.32 Å². The van der Waals surface area contributed by atoms with E-state index >= 15 is 0 Å². The van der Waals surface area contributed by atoms with Crippen molar-refractivity contribution in [2.24, 2.45) is 5.41 Å². The third-order valence-corrected chi connectivity index (χ3v) is 3.53. The maximum absolute atomic E-state index is 13.5. The van der Waals surface area contributed by atoms with E-state index in [1.807, 2.05) is 13.0 Å². The van der Waals surface area contributed by atoms with Gasteiger partial charge >= 0.3 is 0 Å². The summed E-state index contributed by atoms with van der Waals surface area (Å²) in [5, 5.41) is 4.37. The largest absolute Gasteiger partial charge is 0.459 e. The van der Waals surface area contributed by atoms with Gasteiger partial charge in [-0.2, -0.15) is 0 Å². The summed E-state index contributed by atoms with van der Waals surface area (Å²) >= 11 is 0. The molecule has 1 atom stereocenters. The number of rotatable bonds is 4. The molecule has 2 nitrogen and oxygen atoms in total. The Labute approximate surface area is 120 Å². The Balaban J connectivity index is 2.46. The van der Waals surface area contributed by atoms with E-state index in [0.717, 1.165) is 35.3 Å². The van der Waals surface area contributed by atoms with E-state index in [1.165, 1.54) is 12.1 Å². The molecule has 2 rings (SSSR count). The van der Waals surface area contributed by atoms with Crippen molar-refractivity contribution in [1.29, 1.82) is 0 Å². The first kappa shape index (κ1) is 15.0. The fourth-order valence-corrected chi connectivity index (χ4v) is 2.57. The number of nitrogens with one attached hydrogen (secondary N) is 1. The monoisotopic (exact) mass is 277 g/mol. The third-order valence-electron chi connectivity index (χ3n) is 3.53. The van der Waals surface area contributed by atoms with E-state index in [-0.39, 0.29) is 17.3 Å². The van der Waals surface area contributed by atoms with E-state index in [2.05, 4.69) is 33.0 Å². The van der Waals surface area contributed by atoms with Crippen LogP contribution in [0.2, 0.25) is 0 Å². The molecule has 0 saturated carbocycles. The number of aryl methyl sites for hydroxylation is 1. The quantitative estimate of drug-likeness (QED) is 0.853. The van der Waals surface area contributed by atoms with Crippen LogP contribution in [0.3, 0.4) is 0 Å². The summed E-state index contributed by atoms with van der Waals surface area (Å²) < 4.78 is 19.5. The lowest BCUT2D eigenvalue weighted by Gasteiger charge is -2.30. The highest BCUT2D eigenvalue weighted by Gasteiger charge is 2.28. The SMILES string of the molecule is CCCNC(c1cc2cc(F)cc(C)c2o1)C(C)(C)C. The molecule has 110 valence electrons. The van der Waals surface area contributed by atoms with Crippen molar-refractivity contribution in [3.05, 3.63) is 35.3 Å². The first-order valence-corrected chi connectivity index (χ1v) is 7.26. The highest BCUT2D eigenvalue weighted by atomic mass is 19.1. The van der Waals surface area contributed by atoms with Gasteiger partial charge in [-0.15, -0.1) is 0 Å². The van der Waals surface area contributed by atoms with Crippen LogP contribution in [-0.4, -0.2) is 6.54 Å². The molecule has 3 heteroatoms. The fraction of sp³-hybridized carbons (Fsp3) is 0.529. The molecule has 0 fully saturated rings. The van der Waals surface area contributed by atoms with Gasteiger partial charge in [-0.05, 0) is 49.1 Å². The van der Waals surface area contributed by atoms with Gasteiger partial charge in [-0.25, -0.2) is 4.39 Å². The maximum Gasteiger partial charge on any atom is 0.137 e. The van der Waals surface area contributed by atoms with Gasteiger partial charge in [0, 0.05) is 5.39 Å². The number of furan rings is 1. The minimum absolute atomic E-state index is 0.0372. The lowest BCUT2D eigenvalue weighted by atomic mass is 9.85. The summed E-state index contributed by atoms with van der Waals surface area (Å²) in [6.45, 7) is 11.5. The van der Waals surface area contributed by atoms with Crippen molar-refractivity contribution in [2.45, 2.75) is 47.1 Å². The fourth-order valence-electron chi connectivity index (χ4n) is 2.57. The second-order valence-electron chi connectivity index (χ2n) is 6.54. The van der Waals surface area contributed by atoms with E-state index in [4.69, 9.17) is 4.42 Å². The van der Waals surface area contributed by atoms with Gasteiger partial charge in [0.15, 0.2) is 0 Å². The van der Waals surface area contributed by atoms with E-state index in [1.54, 1.807) is 0 Å². The molecule has 20 heavy (non-hydrogen) atoms. The van der Waals surface area contributed by atoms with Gasteiger partial charge in [0.05, 0.1) is 6.04 Å². The molecule has 0 radical (unpaired) electrons. The van der Waals surface area contributed by atoms with Crippen molar-refractivity contribution in [3.8, 4) is 0 Å². The summed E-state index contributed by atoms with van der Waals surface area (Å²) in [4.78, 5) is 0. The molecular weight excluding hydrogens is 253 g/mol. The van der Waals surface area contributed by atoms with Crippen molar-refractivity contribution in [1.82, 2.24) is 5.32 Å². The van der Waals surface area contributed by atoms with Crippen LogP contribution in [-0.2, 0) is 0 Å². The van der Waals surface area contributed by atoms with E-state index in [9.17, 15) is 4.39 Å². The minimum atomic E-state index is -0.212. The second kappa shape index (κ2) is 5.57. The normalized spacial score (nSPS) is 13.9. The number of benzene rings is 1. The van der Waals surface area contributed by atoms with Crippen LogP contribution in [0.4, 0.5) is 4.39 Å². The molecule has 0 spiro atoms. The van der Waals surface area contributed by atoms with Crippen molar-refractivity contribution in [2.75, 3.05) is 6.54 Å². The van der Waals surface area contributed by atoms with E-state index in [0.29, 0.717) is 0 Å². The zero-order chi connectivity index (χ0) is 14.9. The summed E-state index contributed by atoms with van der Waals surface area (Å²) in [5.41, 5.74) is 1.67. The second-order valence-corrected chi connectivity index (χ2v) is 6.54. The van der Waals surface area contributed by atoms with Crippen LogP contribution in [0, 0.1) is 18.2 Å². The first-order chi connectivity index (χ1) is 9.32. The van der Waals surface area contributed by atoms with Crippen molar-refractivity contribution in [3.63, 3.8) is 0 Å². The molecule has 0 aliphatic heterocycles. The Morgan fingerprint density at radius 1 is 1.25 bits per heavy atom. The van der Waals surface area contributed by atoms with Gasteiger partial charge < -0.3 is 9.73 Å². The van der Waals surface area contributed by atoms with Gasteiger partial charge in [-0.1, -0.05) is 27.7 Å². The summed E-state index contributed by atoms with van der Waals surface area (Å²) in [7, 11) is 0. The van der Waals surface area contributed by atoms with Crippen LogP contribution in [0.25, 0.3) is 11.0 Å². The molecule has 0 bridgehead atoms. The molecular formula is C17H24FNO. The van der Waals surface area contributed by atoms with Gasteiger partial charge in [0.25, 0.3) is 0 Å². The molecule has 1 unspecified atom stereocenters. The van der Waals surface area contributed by atoms with E-state index < -0.39 is 0 Å². The lowest BCUT2D eigenvalue weighted by molar-refractivity contribution is 0.241. The number of hydrogen-bond donors (Lipinski definition) is 1. The molecule has 1 aromatic carbocycles. The molecule has 2 aromatic rings. The van der Waals surface area contributed by atoms with Crippen molar-refractivity contribution >= 4 is 11.0 Å². The van der Waals surface area contributed by atoms with Gasteiger partial charge in [-0.3, -0.25) is 0 Å². The average molecular weight is 277 g/mol. The first-order valence-electron chi connectivity index (χ1n) is 7.26. The topological polar surface area (TPSA) is 25.2 Å². The Morgan fingerprint density at radius 3 is 2.55 bits per heavy atom. The molecule has 1 N–H and O–H groups in total. The van der Waals surface area contributed by atoms with Crippen LogP contribution in [0.15, 0.2) is 22.6 Å². The third kappa shape index (κ3) is 3.04. The smallest absolute Gasteiger partial charge is 0.137 e. The lowest BCUT2D eigenvalue weighted by Crippen LogP contribution is -2.32. The van der Waals surface area contributed by atoms with Gasteiger partial charge in [0.1, 0.15) is 17.2 Å². The highest BCUT2D eigenvalue weighted by Crippen LogP contribution is 2.36. The Bertz CT molecular complexity index is 595. The summed E-state index contributed by atoms with van der Waals surface area (Å²) in [6, 6.07) is 5.14. The predicted octanol–water partition coefficient (Wildman–Crippen LogP) is 4.97. The minimum Gasteiger partial charge on any atom is -0.459 e. The summed E-state index contributed by atoms with van der Waals surface area (Å²) in [5.74, 6) is 0.672. The van der Waals surface area contributed by atoms with Crippen LogP contribution >= 0.6 is 0 Å². The number of halogens is 1. The summed E-state index contributed by atoms with van der Waals surface area (Å²) in [6.07, 6.45) is 1.07. The zero-order valence-electron chi connectivity index (χ0n) is 13.0. The molecule has 1 heterocycles. The molecule has 0 aliphatic rings. The standard InChI is InChI=1S/C17H24FNO/c1-6-7-19-16(17(3,4)5)14-10-12-9-13(18)8-11(2)15(12)20-14/h8-10,16,19H,6-7H2,1-5H3. The molecule has 1 aromatic heterocycles. The van der Waals surface area contributed by atoms with Gasteiger partial charge in [0.2, 0.25) is 0 Å². The van der Waals surface area contributed by atoms with Crippen LogP contribution in [0.1, 0.15) is 51.5 Å². The molecule has 0 amide bonds. The molecule has 0 saturated heterocycles. The zero-order valence-corrected chi connectivity index (χ0v) is 13.0. The molecule has 0 aliphatic carbocycles. The highest BCUT2D eigenvalue weighted by molar-refractivity contribution is 5.81. The number of fused-ring (bicyclic) bond motifs is 1. The van der Waals surface area contributed by atoms with Crippen LogP contribution in [0.5, 0.6) is 0 Å². The predicted molar refractivity (Wildman–Crippen MR) is 81.4 cm³/mol. The van der Waals surface area contributed by atoms with Crippen molar-refractivity contribution < 1.29 is 8.81 Å². The Kier molecular flexibility index (Phi) is 4.19. The Hall–Kier alpha value is -1.35. The average Bonchev–Trinajstić information content (AvgIpc) is 2.71. The maximum atomic E-state index is 13.5.